The third kappa shape index (κ3) is 7.73. The van der Waals surface area contributed by atoms with E-state index in [0.29, 0.717) is 0 Å². The third-order valence-corrected chi connectivity index (χ3v) is 7.81. The zero-order chi connectivity index (χ0) is 11.2. The smallest absolute Gasteiger partial charge is 0.170 e. The predicted molar refractivity (Wildman–Crippen MR) is 70.0 cm³/mol. The molecule has 0 aromatic rings. The maximum absolute atomic E-state index is 6.13. The summed E-state index contributed by atoms with van der Waals surface area (Å²) in [6.45, 7) is 17.2. The molecule has 0 aliphatic heterocycles. The van der Waals surface area contributed by atoms with E-state index in [4.69, 9.17) is 4.12 Å². The maximum Gasteiger partial charge on any atom is 0.170 e. The van der Waals surface area contributed by atoms with Crippen LogP contribution in [0.5, 0.6) is 0 Å². The number of rotatable bonds is 7. The molecular formula is C10H27NOSi2. The van der Waals surface area contributed by atoms with E-state index >= 15 is 0 Å². The zero-order valence-electron chi connectivity index (χ0n) is 10.8. The quantitative estimate of drug-likeness (QED) is 0.627. The summed E-state index contributed by atoms with van der Waals surface area (Å²) in [6, 6.07) is 1.30. The minimum absolute atomic E-state index is 0.891. The van der Waals surface area contributed by atoms with Crippen LogP contribution < -0.4 is 0 Å². The van der Waals surface area contributed by atoms with Gasteiger partial charge in [0, 0.05) is 0 Å². The van der Waals surface area contributed by atoms with E-state index in [9.17, 15) is 0 Å². The van der Waals surface area contributed by atoms with Crippen molar-refractivity contribution in [3.63, 3.8) is 0 Å². The Morgan fingerprint density at radius 3 is 2.00 bits per heavy atom. The van der Waals surface area contributed by atoms with Crippen LogP contribution in [0.2, 0.25) is 32.2 Å². The molecule has 0 rings (SSSR count). The van der Waals surface area contributed by atoms with Gasteiger partial charge in [-0.25, -0.2) is 0 Å². The van der Waals surface area contributed by atoms with E-state index < -0.39 is 17.4 Å². The summed E-state index contributed by atoms with van der Waals surface area (Å²) in [5.74, 6) is 0. The maximum atomic E-state index is 6.13. The lowest BCUT2D eigenvalue weighted by molar-refractivity contribution is 0.317. The highest BCUT2D eigenvalue weighted by molar-refractivity contribution is 6.77. The molecule has 0 saturated carbocycles. The minimum atomic E-state index is -1.27. The first-order valence-electron chi connectivity index (χ1n) is 5.79. The van der Waals surface area contributed by atoms with E-state index in [1.54, 1.807) is 0 Å². The molecule has 0 aliphatic carbocycles. The SMILES string of the molecule is CCN(CC)CC[SiH](C)O[Si](C)(C)C. The van der Waals surface area contributed by atoms with Gasteiger partial charge in [-0.05, 0) is 51.9 Å². The molecule has 2 nitrogen and oxygen atoms in total. The van der Waals surface area contributed by atoms with Crippen molar-refractivity contribution in [2.24, 2.45) is 0 Å². The van der Waals surface area contributed by atoms with E-state index in [1.165, 1.54) is 25.7 Å². The predicted octanol–water partition coefficient (Wildman–Crippen LogP) is 2.53. The number of hydrogen-bond acceptors (Lipinski definition) is 2. The van der Waals surface area contributed by atoms with Crippen molar-refractivity contribution in [2.75, 3.05) is 19.6 Å². The van der Waals surface area contributed by atoms with E-state index in [0.717, 1.165) is 0 Å². The second kappa shape index (κ2) is 6.77. The van der Waals surface area contributed by atoms with Gasteiger partial charge in [0.05, 0.1) is 0 Å². The summed E-state index contributed by atoms with van der Waals surface area (Å²) in [7, 11) is -2.16. The molecule has 0 N–H and O–H groups in total. The molecule has 0 aromatic carbocycles. The van der Waals surface area contributed by atoms with Crippen molar-refractivity contribution in [3.8, 4) is 0 Å². The molecule has 0 fully saturated rings. The van der Waals surface area contributed by atoms with Crippen LogP contribution in [0.25, 0.3) is 0 Å². The van der Waals surface area contributed by atoms with Gasteiger partial charge >= 0.3 is 0 Å². The van der Waals surface area contributed by atoms with Gasteiger partial charge in [0.25, 0.3) is 0 Å². The van der Waals surface area contributed by atoms with Gasteiger partial charge in [-0.1, -0.05) is 13.8 Å². The number of nitrogens with zero attached hydrogens (tertiary/aromatic N) is 1. The van der Waals surface area contributed by atoms with Crippen molar-refractivity contribution < 1.29 is 4.12 Å². The topological polar surface area (TPSA) is 12.5 Å². The summed E-state index contributed by atoms with van der Waals surface area (Å²) < 4.78 is 6.13. The Morgan fingerprint density at radius 2 is 1.64 bits per heavy atom. The Bertz CT molecular complexity index is 144. The highest BCUT2D eigenvalue weighted by Crippen LogP contribution is 2.08. The summed E-state index contributed by atoms with van der Waals surface area (Å²) in [4.78, 5) is 2.48. The van der Waals surface area contributed by atoms with E-state index in [2.05, 4.69) is 44.9 Å². The zero-order valence-corrected chi connectivity index (χ0v) is 12.9. The van der Waals surface area contributed by atoms with Crippen molar-refractivity contribution in [1.82, 2.24) is 4.90 Å². The van der Waals surface area contributed by atoms with Gasteiger partial charge in [-0.2, -0.15) is 0 Å². The molecule has 1 unspecified atom stereocenters. The summed E-state index contributed by atoms with van der Waals surface area (Å²) in [6.07, 6.45) is 0. The molecule has 0 aromatic heterocycles. The van der Waals surface area contributed by atoms with Crippen LogP contribution in [0.4, 0.5) is 0 Å². The molecule has 0 aliphatic rings. The standard InChI is InChI=1S/C10H27NOSi2/c1-7-11(8-2)9-10-13(3)12-14(4,5)6/h13H,7-10H2,1-6H3. The molecule has 0 radical (unpaired) electrons. The fourth-order valence-corrected chi connectivity index (χ4v) is 7.60. The summed E-state index contributed by atoms with van der Waals surface area (Å²) >= 11 is 0. The third-order valence-electron chi connectivity index (χ3n) is 2.30. The second-order valence-corrected chi connectivity index (χ2v) is 12.2. The summed E-state index contributed by atoms with van der Waals surface area (Å²) in [5.41, 5.74) is 0. The first kappa shape index (κ1) is 14.4. The summed E-state index contributed by atoms with van der Waals surface area (Å²) in [5, 5.41) is 0. The Morgan fingerprint density at radius 1 is 1.14 bits per heavy atom. The molecule has 86 valence electrons. The molecule has 1 atom stereocenters. The van der Waals surface area contributed by atoms with E-state index in [-0.39, 0.29) is 0 Å². The van der Waals surface area contributed by atoms with Crippen LogP contribution in [0, 0.1) is 0 Å². The van der Waals surface area contributed by atoms with Crippen molar-refractivity contribution in [2.45, 2.75) is 46.1 Å². The lowest BCUT2D eigenvalue weighted by Gasteiger charge is -2.25. The van der Waals surface area contributed by atoms with Crippen LogP contribution in [0.3, 0.4) is 0 Å². The van der Waals surface area contributed by atoms with Crippen molar-refractivity contribution >= 4 is 17.4 Å². The fraction of sp³-hybridized carbons (Fsp3) is 1.00. The Hall–Kier alpha value is 0.354. The second-order valence-electron chi connectivity index (χ2n) is 4.86. The van der Waals surface area contributed by atoms with E-state index in [1.807, 2.05) is 0 Å². The van der Waals surface area contributed by atoms with Gasteiger partial charge in [0.2, 0.25) is 0 Å². The normalized spacial score (nSPS) is 14.8. The van der Waals surface area contributed by atoms with Crippen LogP contribution in [-0.2, 0) is 4.12 Å². The molecule has 0 amide bonds. The van der Waals surface area contributed by atoms with Crippen LogP contribution >= 0.6 is 0 Å². The first-order chi connectivity index (χ1) is 6.39. The molecule has 0 bridgehead atoms. The molecule has 4 heteroatoms. The average Bonchev–Trinajstić information content (AvgIpc) is 2.03. The highest BCUT2D eigenvalue weighted by Gasteiger charge is 2.18. The molecule has 0 spiro atoms. The van der Waals surface area contributed by atoms with Gasteiger partial charge in [0.1, 0.15) is 0 Å². The van der Waals surface area contributed by atoms with Crippen molar-refractivity contribution in [1.29, 1.82) is 0 Å². The van der Waals surface area contributed by atoms with Crippen LogP contribution in [0.1, 0.15) is 13.8 Å². The largest absolute Gasteiger partial charge is 0.458 e. The molecule has 14 heavy (non-hydrogen) atoms. The number of hydrogen-bond donors (Lipinski definition) is 0. The fourth-order valence-electron chi connectivity index (χ4n) is 1.57. The van der Waals surface area contributed by atoms with Gasteiger partial charge in [-0.15, -0.1) is 0 Å². The average molecular weight is 234 g/mol. The molecule has 0 heterocycles. The van der Waals surface area contributed by atoms with Crippen LogP contribution in [0.15, 0.2) is 0 Å². The van der Waals surface area contributed by atoms with Gasteiger partial charge < -0.3 is 9.02 Å². The molecule has 0 saturated heterocycles. The molecular weight excluding hydrogens is 206 g/mol. The Kier molecular flexibility index (Phi) is 6.94. The minimum Gasteiger partial charge on any atom is -0.458 e. The Balaban J connectivity index is 3.67. The van der Waals surface area contributed by atoms with Gasteiger partial charge in [-0.3, -0.25) is 0 Å². The van der Waals surface area contributed by atoms with Crippen LogP contribution in [-0.4, -0.2) is 41.9 Å². The first-order valence-corrected chi connectivity index (χ1v) is 11.6. The van der Waals surface area contributed by atoms with Gasteiger partial charge in [0.15, 0.2) is 17.4 Å². The lowest BCUT2D eigenvalue weighted by Crippen LogP contribution is -2.35. The Labute approximate surface area is 92.5 Å². The lowest BCUT2D eigenvalue weighted by atomic mass is 10.5. The van der Waals surface area contributed by atoms with Crippen molar-refractivity contribution in [3.05, 3.63) is 0 Å². The highest BCUT2D eigenvalue weighted by atomic mass is 28.4. The monoisotopic (exact) mass is 233 g/mol.